The Morgan fingerprint density at radius 2 is 2.33 bits per heavy atom. The zero-order chi connectivity index (χ0) is 8.97. The smallest absolute Gasteiger partial charge is 0.0893 e. The van der Waals surface area contributed by atoms with Gasteiger partial charge in [-0.05, 0) is 6.92 Å². The maximum Gasteiger partial charge on any atom is 0.0893 e. The van der Waals surface area contributed by atoms with Crippen LogP contribution in [0, 0.1) is 6.92 Å². The predicted molar refractivity (Wildman–Crippen MR) is 52.5 cm³/mol. The molecule has 0 aliphatic heterocycles. The van der Waals surface area contributed by atoms with E-state index in [9.17, 15) is 0 Å². The third-order valence-corrected chi connectivity index (χ3v) is 1.76. The van der Waals surface area contributed by atoms with Crippen LogP contribution in [0.5, 0.6) is 0 Å². The van der Waals surface area contributed by atoms with Crippen molar-refractivity contribution in [1.29, 1.82) is 0 Å². The molecule has 1 heterocycles. The minimum absolute atomic E-state index is 0.765. The van der Waals surface area contributed by atoms with Crippen LogP contribution in [0.1, 0.15) is 11.4 Å². The summed E-state index contributed by atoms with van der Waals surface area (Å²) in [6, 6.07) is 0. The first-order chi connectivity index (χ1) is 5.77. The molecular weight excluding hydrogens is 170 g/mol. The molecule has 0 aliphatic carbocycles. The molecule has 4 heteroatoms. The number of hydrogen-bond donors (Lipinski definition) is 1. The Labute approximate surface area is 77.9 Å². The lowest BCUT2D eigenvalue weighted by atomic mass is 10.3. The Bertz CT molecular complexity index is 267. The van der Waals surface area contributed by atoms with E-state index in [1.165, 1.54) is 0 Å². The first-order valence-electron chi connectivity index (χ1n) is 3.90. The highest BCUT2D eigenvalue weighted by atomic mass is 32.1. The Kier molecular flexibility index (Phi) is 3.34. The summed E-state index contributed by atoms with van der Waals surface area (Å²) in [5.41, 5.74) is 1.99. The third kappa shape index (κ3) is 2.11. The minimum Gasteiger partial charge on any atom is -0.184 e. The average molecular weight is 183 g/mol. The van der Waals surface area contributed by atoms with Crippen LogP contribution in [-0.2, 0) is 13.0 Å². The largest absolute Gasteiger partial charge is 0.184 e. The molecular formula is C8H13N3S. The fourth-order valence-electron chi connectivity index (χ4n) is 0.980. The van der Waals surface area contributed by atoms with Crippen LogP contribution >= 0.6 is 12.6 Å². The van der Waals surface area contributed by atoms with E-state index in [0.29, 0.717) is 0 Å². The molecule has 1 aromatic heterocycles. The highest BCUT2D eigenvalue weighted by Crippen LogP contribution is 2.02. The monoisotopic (exact) mass is 183 g/mol. The second-order valence-corrected chi connectivity index (χ2v) is 2.99. The van der Waals surface area contributed by atoms with Crippen LogP contribution < -0.4 is 0 Å². The van der Waals surface area contributed by atoms with Crippen LogP contribution in [0.4, 0.5) is 0 Å². The molecule has 12 heavy (non-hydrogen) atoms. The summed E-state index contributed by atoms with van der Waals surface area (Å²) >= 11 is 4.11. The summed E-state index contributed by atoms with van der Waals surface area (Å²) in [4.78, 5) is 1.68. The van der Waals surface area contributed by atoms with Gasteiger partial charge in [0.1, 0.15) is 0 Å². The van der Waals surface area contributed by atoms with E-state index >= 15 is 0 Å². The normalized spacial score (nSPS) is 10.2. The highest BCUT2D eigenvalue weighted by Gasteiger charge is 2.03. The van der Waals surface area contributed by atoms with Gasteiger partial charge in [-0.1, -0.05) is 6.08 Å². The lowest BCUT2D eigenvalue weighted by Crippen LogP contribution is -2.03. The molecule has 0 N–H and O–H groups in total. The molecule has 0 aliphatic rings. The lowest BCUT2D eigenvalue weighted by molar-refractivity contribution is 0.568. The molecule has 0 aromatic carbocycles. The van der Waals surface area contributed by atoms with Crippen molar-refractivity contribution in [2.24, 2.45) is 0 Å². The molecule has 0 amide bonds. The van der Waals surface area contributed by atoms with Crippen LogP contribution in [0.25, 0.3) is 0 Å². The van der Waals surface area contributed by atoms with Gasteiger partial charge in [-0.15, -0.1) is 6.58 Å². The lowest BCUT2D eigenvalue weighted by Gasteiger charge is -1.91. The van der Waals surface area contributed by atoms with Crippen LogP contribution in [0.3, 0.4) is 0 Å². The number of allylic oxidation sites excluding steroid dienone is 1. The van der Waals surface area contributed by atoms with Crippen molar-refractivity contribution in [2.75, 3.05) is 5.75 Å². The Morgan fingerprint density at radius 3 is 2.92 bits per heavy atom. The fraction of sp³-hybridized carbons (Fsp3) is 0.500. The van der Waals surface area contributed by atoms with E-state index in [2.05, 4.69) is 29.4 Å². The molecule has 0 saturated heterocycles. The Balaban J connectivity index is 2.77. The molecule has 0 atom stereocenters. The molecule has 0 saturated carbocycles. The summed E-state index contributed by atoms with van der Waals surface area (Å²) in [7, 11) is 0. The van der Waals surface area contributed by atoms with E-state index in [0.717, 1.165) is 30.1 Å². The maximum absolute atomic E-state index is 4.27. The molecule has 1 aromatic rings. The first kappa shape index (κ1) is 9.32. The van der Waals surface area contributed by atoms with E-state index in [1.807, 2.05) is 13.0 Å². The fourth-order valence-corrected chi connectivity index (χ4v) is 1.16. The van der Waals surface area contributed by atoms with E-state index < -0.39 is 0 Å². The Hall–Kier alpha value is -0.770. The van der Waals surface area contributed by atoms with Crippen molar-refractivity contribution in [3.05, 3.63) is 24.0 Å². The zero-order valence-corrected chi connectivity index (χ0v) is 8.09. The molecule has 0 unspecified atom stereocenters. The first-order valence-corrected chi connectivity index (χ1v) is 4.53. The van der Waals surface area contributed by atoms with Gasteiger partial charge >= 0.3 is 0 Å². The third-order valence-electron chi connectivity index (χ3n) is 1.56. The minimum atomic E-state index is 0.765. The van der Waals surface area contributed by atoms with Crippen molar-refractivity contribution in [3.63, 3.8) is 0 Å². The summed E-state index contributed by atoms with van der Waals surface area (Å²) in [5, 5.41) is 8.50. The van der Waals surface area contributed by atoms with Gasteiger partial charge in [-0.25, -0.2) is 0 Å². The summed E-state index contributed by atoms with van der Waals surface area (Å²) in [6.45, 7) is 6.38. The average Bonchev–Trinajstić information content (AvgIpc) is 2.34. The van der Waals surface area contributed by atoms with Crippen LogP contribution in [-0.4, -0.2) is 20.7 Å². The van der Waals surface area contributed by atoms with Gasteiger partial charge in [0, 0.05) is 12.2 Å². The van der Waals surface area contributed by atoms with Gasteiger partial charge in [0.15, 0.2) is 0 Å². The van der Waals surface area contributed by atoms with Crippen molar-refractivity contribution in [3.8, 4) is 0 Å². The molecule has 1 rings (SSSR count). The number of nitrogens with zero attached hydrogens (tertiary/aromatic N) is 3. The standard InChI is InChI=1S/C8H13N3S/c1-3-4-8-7(2)9-11(10-8)5-6-12/h3,12H,1,4-6H2,2H3. The van der Waals surface area contributed by atoms with Gasteiger partial charge in [0.25, 0.3) is 0 Å². The quantitative estimate of drug-likeness (QED) is 0.562. The Morgan fingerprint density at radius 1 is 1.58 bits per heavy atom. The summed E-state index contributed by atoms with van der Waals surface area (Å²) in [5.74, 6) is 0.766. The molecule has 0 spiro atoms. The van der Waals surface area contributed by atoms with Gasteiger partial charge in [0.05, 0.1) is 17.9 Å². The number of aryl methyl sites for hydroxylation is 2. The maximum atomic E-state index is 4.27. The highest BCUT2D eigenvalue weighted by molar-refractivity contribution is 7.80. The zero-order valence-electron chi connectivity index (χ0n) is 7.19. The predicted octanol–water partition coefficient (Wildman–Crippen LogP) is 1.24. The van der Waals surface area contributed by atoms with Crippen molar-refractivity contribution < 1.29 is 0 Å². The number of hydrogen-bond acceptors (Lipinski definition) is 3. The number of aromatic nitrogens is 3. The van der Waals surface area contributed by atoms with Gasteiger partial charge in [-0.2, -0.15) is 27.6 Å². The van der Waals surface area contributed by atoms with Gasteiger partial charge in [-0.3, -0.25) is 0 Å². The van der Waals surface area contributed by atoms with E-state index in [1.54, 1.807) is 4.80 Å². The van der Waals surface area contributed by atoms with Crippen LogP contribution in [0.15, 0.2) is 12.7 Å². The summed E-state index contributed by atoms with van der Waals surface area (Å²) in [6.07, 6.45) is 2.63. The molecule has 0 bridgehead atoms. The SMILES string of the molecule is C=CCc1nn(CCS)nc1C. The second-order valence-electron chi connectivity index (χ2n) is 2.54. The van der Waals surface area contributed by atoms with Crippen molar-refractivity contribution >= 4 is 12.6 Å². The molecule has 0 fully saturated rings. The van der Waals surface area contributed by atoms with Crippen molar-refractivity contribution in [2.45, 2.75) is 19.9 Å². The van der Waals surface area contributed by atoms with Gasteiger partial charge in [0.2, 0.25) is 0 Å². The number of rotatable bonds is 4. The molecule has 66 valence electrons. The second kappa shape index (κ2) is 4.30. The molecule has 3 nitrogen and oxygen atoms in total. The number of thiol groups is 1. The van der Waals surface area contributed by atoms with E-state index in [-0.39, 0.29) is 0 Å². The summed E-state index contributed by atoms with van der Waals surface area (Å²) < 4.78 is 0. The van der Waals surface area contributed by atoms with E-state index in [4.69, 9.17) is 0 Å². The van der Waals surface area contributed by atoms with Gasteiger partial charge < -0.3 is 0 Å². The van der Waals surface area contributed by atoms with Crippen LogP contribution in [0.2, 0.25) is 0 Å². The topological polar surface area (TPSA) is 30.7 Å². The molecule has 0 radical (unpaired) electrons. The van der Waals surface area contributed by atoms with Crippen molar-refractivity contribution in [1.82, 2.24) is 15.0 Å².